The fourth-order valence-electron chi connectivity index (χ4n) is 6.47. The Bertz CT molecular complexity index is 645. The van der Waals surface area contributed by atoms with E-state index in [0.29, 0.717) is 6.61 Å². The van der Waals surface area contributed by atoms with Gasteiger partial charge in [0.05, 0.1) is 27.2 Å². The van der Waals surface area contributed by atoms with E-state index in [0.717, 1.165) is 30.4 Å². The van der Waals surface area contributed by atoms with Crippen LogP contribution >= 0.6 is 7.82 Å². The van der Waals surface area contributed by atoms with Gasteiger partial charge in [0, 0.05) is 0 Å². The lowest BCUT2D eigenvalue weighted by Gasteiger charge is -2.29. The maximum absolute atomic E-state index is 12.3. The summed E-state index contributed by atoms with van der Waals surface area (Å²) in [5.74, 6) is 0. The van der Waals surface area contributed by atoms with Crippen LogP contribution in [-0.4, -0.2) is 49.8 Å². The lowest BCUT2D eigenvalue weighted by Crippen LogP contribution is -2.42. The van der Waals surface area contributed by atoms with Crippen LogP contribution in [0.1, 0.15) is 219 Å². The summed E-state index contributed by atoms with van der Waals surface area (Å²) in [6, 6.07) is 0. The minimum absolute atomic E-state index is 0.262. The molecule has 0 aromatic rings. The van der Waals surface area contributed by atoms with E-state index in [1.807, 2.05) is 0 Å². The first-order chi connectivity index (χ1) is 22.3. The van der Waals surface area contributed by atoms with Gasteiger partial charge >= 0.3 is 7.82 Å². The largest absolute Gasteiger partial charge is 0.472 e. The van der Waals surface area contributed by atoms with Gasteiger partial charge in [-0.15, -0.1) is 0 Å². The van der Waals surface area contributed by atoms with E-state index in [4.69, 9.17) is 9.05 Å². The topological polar surface area (TPSA) is 55.8 Å². The van der Waals surface area contributed by atoms with Crippen LogP contribution in [0.4, 0.5) is 0 Å². The number of nitrogens with zero attached hydrogens (tertiary/aromatic N) is 1. The Hall–Kier alpha value is 0.0700. The van der Waals surface area contributed by atoms with Crippen LogP contribution in [0, 0.1) is 0 Å². The Kier molecular flexibility index (Phi) is 35.0. The third-order valence-electron chi connectivity index (χ3n) is 9.82. The van der Waals surface area contributed by atoms with Crippen molar-refractivity contribution >= 4 is 7.82 Å². The zero-order valence-electron chi connectivity index (χ0n) is 32.0. The van der Waals surface area contributed by atoms with Crippen LogP contribution in [0.15, 0.2) is 0 Å². The summed E-state index contributed by atoms with van der Waals surface area (Å²) in [7, 11) is 0.435. The molecular weight excluding hydrogens is 589 g/mol. The van der Waals surface area contributed by atoms with E-state index in [2.05, 4.69) is 27.9 Å². The van der Waals surface area contributed by atoms with Crippen LogP contribution in [0.3, 0.4) is 0 Å². The molecule has 278 valence electrons. The molecule has 0 aliphatic rings. The van der Waals surface area contributed by atoms with E-state index in [-0.39, 0.29) is 6.61 Å². The highest BCUT2D eigenvalue weighted by molar-refractivity contribution is 7.47. The normalized spacial score (nSPS) is 13.4. The van der Waals surface area contributed by atoms with Crippen molar-refractivity contribution in [3.8, 4) is 0 Å². The quantitative estimate of drug-likeness (QED) is 0.0400. The van der Waals surface area contributed by atoms with Crippen LogP contribution in [0.25, 0.3) is 0 Å². The molecule has 0 aromatic heterocycles. The minimum atomic E-state index is -3.94. The Labute approximate surface area is 290 Å². The molecule has 0 bridgehead atoms. The first kappa shape index (κ1) is 46.1. The number of likely N-dealkylation sites (N-methyl/N-ethyl adjacent to an activating group) is 1. The van der Waals surface area contributed by atoms with Crippen molar-refractivity contribution in [3.05, 3.63) is 0 Å². The van der Waals surface area contributed by atoms with Crippen molar-refractivity contribution < 1.29 is 23.0 Å². The Balaban J connectivity index is 3.49. The third kappa shape index (κ3) is 36.9. The van der Waals surface area contributed by atoms with Crippen LogP contribution in [0.2, 0.25) is 0 Å². The van der Waals surface area contributed by atoms with Crippen molar-refractivity contribution in [3.63, 3.8) is 0 Å². The fourth-order valence-corrected chi connectivity index (χ4v) is 7.22. The number of phosphoric ester groups is 1. The van der Waals surface area contributed by atoms with Gasteiger partial charge in [-0.05, 0) is 19.3 Å². The molecule has 0 aliphatic carbocycles. The SMILES string of the molecule is CCCCCCCCCCCCCCCCCCOP(=O)(O)OCC[N+](C)(C)CCCCCCCCCCCCCCCCCC. The average Bonchev–Trinajstić information content (AvgIpc) is 3.02. The van der Waals surface area contributed by atoms with Gasteiger partial charge in [-0.2, -0.15) is 0 Å². The summed E-state index contributed by atoms with van der Waals surface area (Å²) >= 11 is 0. The molecule has 1 unspecified atom stereocenters. The highest BCUT2D eigenvalue weighted by atomic mass is 31.2. The molecule has 0 heterocycles. The molecule has 0 aromatic carbocycles. The minimum Gasteiger partial charge on any atom is -0.327 e. The second-order valence-corrected chi connectivity index (χ2v) is 16.6. The summed E-state index contributed by atoms with van der Waals surface area (Å²) in [5, 5.41) is 0. The average molecular weight is 675 g/mol. The van der Waals surface area contributed by atoms with Gasteiger partial charge in [0.25, 0.3) is 0 Å². The maximum atomic E-state index is 12.3. The lowest BCUT2D eigenvalue weighted by molar-refractivity contribution is -0.890. The summed E-state index contributed by atoms with van der Waals surface area (Å²) in [4.78, 5) is 10.1. The van der Waals surface area contributed by atoms with Crippen molar-refractivity contribution in [2.75, 3.05) is 40.4 Å². The van der Waals surface area contributed by atoms with Crippen molar-refractivity contribution in [2.24, 2.45) is 0 Å². The number of hydrogen-bond donors (Lipinski definition) is 1. The van der Waals surface area contributed by atoms with Gasteiger partial charge in [0.15, 0.2) is 0 Å². The van der Waals surface area contributed by atoms with Gasteiger partial charge in [-0.3, -0.25) is 9.05 Å². The second kappa shape index (κ2) is 34.9. The Morgan fingerprint density at radius 2 is 0.652 bits per heavy atom. The summed E-state index contributed by atoms with van der Waals surface area (Å²) in [5.41, 5.74) is 0. The third-order valence-corrected chi connectivity index (χ3v) is 10.8. The Morgan fingerprint density at radius 1 is 0.391 bits per heavy atom. The van der Waals surface area contributed by atoms with Crippen molar-refractivity contribution in [2.45, 2.75) is 219 Å². The monoisotopic (exact) mass is 675 g/mol. The second-order valence-electron chi connectivity index (χ2n) is 15.1. The predicted molar refractivity (Wildman–Crippen MR) is 203 cm³/mol. The summed E-state index contributed by atoms with van der Waals surface area (Å²) in [6.07, 6.45) is 43.2. The molecule has 1 atom stereocenters. The van der Waals surface area contributed by atoms with E-state index in [1.54, 1.807) is 0 Å². The number of unbranched alkanes of at least 4 members (excludes halogenated alkanes) is 30. The van der Waals surface area contributed by atoms with Gasteiger partial charge in [0.1, 0.15) is 13.2 Å². The number of phosphoric acid groups is 1. The van der Waals surface area contributed by atoms with Gasteiger partial charge < -0.3 is 9.38 Å². The molecule has 0 rings (SSSR count). The lowest BCUT2D eigenvalue weighted by atomic mass is 10.0. The maximum Gasteiger partial charge on any atom is 0.472 e. The number of rotatable bonds is 39. The first-order valence-corrected chi connectivity index (χ1v) is 22.3. The van der Waals surface area contributed by atoms with Gasteiger partial charge in [-0.1, -0.05) is 200 Å². The molecule has 0 amide bonds. The van der Waals surface area contributed by atoms with Crippen LogP contribution in [-0.2, 0) is 13.6 Å². The van der Waals surface area contributed by atoms with Gasteiger partial charge in [-0.25, -0.2) is 4.57 Å². The van der Waals surface area contributed by atoms with E-state index in [1.165, 1.54) is 193 Å². The highest BCUT2D eigenvalue weighted by Gasteiger charge is 2.23. The molecule has 0 spiro atoms. The van der Waals surface area contributed by atoms with Crippen molar-refractivity contribution in [1.82, 2.24) is 0 Å². The van der Waals surface area contributed by atoms with Gasteiger partial charge in [0.2, 0.25) is 0 Å². The number of quaternary nitrogens is 1. The molecule has 0 aliphatic heterocycles. The summed E-state index contributed by atoms with van der Waals surface area (Å²) in [6.45, 7) is 6.95. The molecule has 5 nitrogen and oxygen atoms in total. The van der Waals surface area contributed by atoms with E-state index >= 15 is 0 Å². The zero-order valence-corrected chi connectivity index (χ0v) is 32.9. The van der Waals surface area contributed by atoms with E-state index < -0.39 is 7.82 Å². The van der Waals surface area contributed by atoms with Crippen LogP contribution in [0.5, 0.6) is 0 Å². The zero-order chi connectivity index (χ0) is 33.9. The molecule has 1 N–H and O–H groups in total. The number of hydrogen-bond acceptors (Lipinski definition) is 3. The standard InChI is InChI=1S/C40H84NO4P/c1-5-7-9-11-13-15-17-19-21-23-25-27-29-31-33-35-37-41(3,4)38-40-45-46(42,43)44-39-36-34-32-30-28-26-24-22-20-18-16-14-12-10-8-6-2/h5-40H2,1-4H3/p+1. The Morgan fingerprint density at radius 3 is 0.978 bits per heavy atom. The first-order valence-electron chi connectivity index (χ1n) is 20.8. The predicted octanol–water partition coefficient (Wildman–Crippen LogP) is 13.7. The fraction of sp³-hybridized carbons (Fsp3) is 1.00. The van der Waals surface area contributed by atoms with Crippen LogP contribution < -0.4 is 0 Å². The summed E-state index contributed by atoms with van der Waals surface area (Å²) < 4.78 is 23.6. The van der Waals surface area contributed by atoms with Crippen molar-refractivity contribution in [1.29, 1.82) is 0 Å². The smallest absolute Gasteiger partial charge is 0.327 e. The molecule has 46 heavy (non-hydrogen) atoms. The molecule has 6 heteroatoms. The molecule has 0 saturated heterocycles. The molecule has 0 saturated carbocycles. The van der Waals surface area contributed by atoms with E-state index in [9.17, 15) is 9.46 Å². The molecular formula is C40H85NO4P+. The molecule has 0 radical (unpaired) electrons. The molecule has 0 fully saturated rings. The highest BCUT2D eigenvalue weighted by Crippen LogP contribution is 2.43.